The number of nitrogens with two attached hydrogens (primary N) is 1. The molecule has 11 bridgehead atoms. The summed E-state index contributed by atoms with van der Waals surface area (Å²) in [4.78, 5) is 119. The van der Waals surface area contributed by atoms with Crippen molar-refractivity contribution in [3.05, 3.63) is 177 Å². The van der Waals surface area contributed by atoms with Gasteiger partial charge in [0.25, 0.3) is 0 Å². The van der Waals surface area contributed by atoms with Gasteiger partial charge in [0.15, 0.2) is 23.9 Å². The summed E-state index contributed by atoms with van der Waals surface area (Å²) < 4.78 is 39.6. The van der Waals surface area contributed by atoms with E-state index in [1.165, 1.54) is 38.4 Å². The van der Waals surface area contributed by atoms with Gasteiger partial charge in [-0.2, -0.15) is 0 Å². The van der Waals surface area contributed by atoms with Gasteiger partial charge in [-0.05, 0) is 132 Å². The van der Waals surface area contributed by atoms with Crippen LogP contribution >= 0.6 is 23.2 Å². The minimum absolute atomic E-state index is 0.0986. The zero-order valence-electron chi connectivity index (χ0n) is 62.7. The number of hydrogen-bond acceptors (Lipinski definition) is 25. The Balaban J connectivity index is 1.05. The van der Waals surface area contributed by atoms with Crippen LogP contribution in [-0.2, 0) is 59.1 Å². The van der Waals surface area contributed by atoms with E-state index in [0.717, 1.165) is 71.3 Å². The summed E-state index contributed by atoms with van der Waals surface area (Å²) in [7, 11) is 2.68. The molecular formula is C80H88Cl2N10O23. The molecule has 7 aliphatic rings. The fraction of sp³-hybridized carbons (Fsp3) is 0.375. The summed E-state index contributed by atoms with van der Waals surface area (Å²) in [5.41, 5.74) is 5.11. The highest BCUT2D eigenvalue weighted by Gasteiger charge is 2.52. The maximum atomic E-state index is 16.2. The first-order valence-electron chi connectivity index (χ1n) is 36.8. The molecule has 0 radical (unpaired) electrons. The predicted molar refractivity (Wildman–Crippen MR) is 410 cm³/mol. The highest BCUT2D eigenvalue weighted by molar-refractivity contribution is 6.32. The number of carbonyl (C=O) groups excluding carboxylic acids is 8. The van der Waals surface area contributed by atoms with Crippen LogP contribution in [0.4, 0.5) is 0 Å². The summed E-state index contributed by atoms with van der Waals surface area (Å²) >= 11 is 14.3. The number of phenols is 3. The monoisotopic (exact) mass is 1630 g/mol. The molecule has 35 heteroatoms. The second-order valence-corrected chi connectivity index (χ2v) is 30.1. The van der Waals surface area contributed by atoms with Crippen molar-refractivity contribution in [3.8, 4) is 68.2 Å². The molecule has 7 aromatic rings. The standard InChI is InChI=1S/C80H88Cl2N10O23/c1-34(2)22-48(84-5)72(103)91-63-65(98)40-17-20-52(46(81)24-40)111-54-26-42-27-55(69(54)115-79-70(68(101)67(100)56(33-93)113-79)114-58-31-80(4,71(102)35(3)110-58)86-32-36-12-14-38(15-13-36)37-10-8-7-9-11-37)112-53-21-18-41(25-47(53)82)66(99)64-78(109)90-62(74(105)85-6)45-28-43(94)29-51(96)59(45)44-23-39(16-19-50(44)95)60(75(106)92-64)89-76(107)61(42)88-73(104)49(30-57(83)97)87-77(63)108/h7-21,23-29,34-35,48-49,56,58,60-68,70-71,79,84,86,93-96,98-102H,22,30-33H2,1-6H3,(H2,83,97)(H,85,105)(H,87,108)(H,88,104)(H,89,107)(H,90,109)(H,91,103)(H,92,106)/t35-,48+,49-,56+,58-,60+,61+,62-,63+,64-,65+,66+,67+,68-,70+,71-,79-,80-/m0/s1. The molecule has 0 spiro atoms. The van der Waals surface area contributed by atoms with Crippen molar-refractivity contribution in [2.75, 3.05) is 20.7 Å². The number of likely N-dealkylation sites (N-methyl/N-ethyl adjacent to an activating group) is 2. The van der Waals surface area contributed by atoms with Gasteiger partial charge in [-0.25, -0.2) is 0 Å². The minimum atomic E-state index is -2.34. The number of rotatable bonds is 17. The van der Waals surface area contributed by atoms with E-state index >= 15 is 19.2 Å². The average Bonchev–Trinajstić information content (AvgIpc) is 0.766. The number of phenolic OH excluding ortho intramolecular Hbond substituents is 3. The number of primary amides is 1. The number of amides is 8. The molecular weight excluding hydrogens is 1540 g/mol. The lowest BCUT2D eigenvalue weighted by Crippen LogP contribution is -2.65. The van der Waals surface area contributed by atoms with Crippen molar-refractivity contribution in [1.82, 2.24) is 47.9 Å². The fourth-order valence-corrected chi connectivity index (χ4v) is 15.0. The first-order chi connectivity index (χ1) is 54.7. The van der Waals surface area contributed by atoms with Gasteiger partial charge < -0.3 is 128 Å². The largest absolute Gasteiger partial charge is 0.508 e. The molecule has 7 heterocycles. The Morgan fingerprint density at radius 3 is 1.90 bits per heavy atom. The van der Waals surface area contributed by atoms with Crippen LogP contribution in [0.15, 0.2) is 133 Å². The summed E-state index contributed by atoms with van der Waals surface area (Å²) in [5.74, 6) is -14.5. The number of nitrogens with one attached hydrogen (secondary N) is 9. The summed E-state index contributed by atoms with van der Waals surface area (Å²) in [6.07, 6.45) is -18.4. The van der Waals surface area contributed by atoms with E-state index < -0.39 is 220 Å². The highest BCUT2D eigenvalue weighted by atomic mass is 35.5. The molecule has 2 saturated heterocycles. The Morgan fingerprint density at radius 1 is 0.661 bits per heavy atom. The molecule has 14 rings (SSSR count). The van der Waals surface area contributed by atoms with Gasteiger partial charge in [0.1, 0.15) is 95.5 Å². The lowest BCUT2D eigenvalue weighted by molar-refractivity contribution is -0.334. The predicted octanol–water partition coefficient (Wildman–Crippen LogP) is 3.27. The average molecular weight is 1630 g/mol. The Hall–Kier alpha value is -10.8. The van der Waals surface area contributed by atoms with E-state index in [9.17, 15) is 65.1 Å². The first-order valence-corrected chi connectivity index (χ1v) is 37.6. The maximum absolute atomic E-state index is 16.2. The molecule has 20 N–H and O–H groups in total. The van der Waals surface area contributed by atoms with E-state index in [0.29, 0.717) is 0 Å². The zero-order valence-corrected chi connectivity index (χ0v) is 64.2. The number of fused-ring (bicyclic) bond motifs is 15. The van der Waals surface area contributed by atoms with Crippen LogP contribution in [0.3, 0.4) is 0 Å². The van der Waals surface area contributed by atoms with Gasteiger partial charge >= 0.3 is 0 Å². The van der Waals surface area contributed by atoms with Crippen molar-refractivity contribution in [2.24, 2.45) is 11.7 Å². The number of aromatic hydroxyl groups is 3. The van der Waals surface area contributed by atoms with E-state index in [-0.39, 0.29) is 69.6 Å². The number of ether oxygens (including phenoxy) is 6. The molecule has 2 fully saturated rings. The maximum Gasteiger partial charge on any atom is 0.248 e. The molecule has 7 aromatic carbocycles. The number of aliphatic hydroxyl groups excluding tert-OH is 6. The van der Waals surface area contributed by atoms with Crippen LogP contribution in [0.1, 0.15) is 111 Å². The molecule has 18 atom stereocenters. The van der Waals surface area contributed by atoms with Crippen LogP contribution in [0.5, 0.6) is 46.0 Å². The third-order valence-corrected chi connectivity index (χ3v) is 21.3. The molecule has 8 amide bonds. The second kappa shape index (κ2) is 35.1. The topological polar surface area (TPSA) is 508 Å². The van der Waals surface area contributed by atoms with Crippen LogP contribution < -0.4 is 67.8 Å². The van der Waals surface area contributed by atoms with Crippen molar-refractivity contribution in [2.45, 2.75) is 163 Å². The van der Waals surface area contributed by atoms with E-state index in [1.54, 1.807) is 13.8 Å². The quantitative estimate of drug-likeness (QED) is 0.0622. The van der Waals surface area contributed by atoms with Gasteiger partial charge in [0.2, 0.25) is 59.3 Å². The molecule has 0 aliphatic carbocycles. The smallest absolute Gasteiger partial charge is 0.248 e. The molecule has 0 saturated carbocycles. The molecule has 0 unspecified atom stereocenters. The molecule has 0 aromatic heterocycles. The molecule has 115 heavy (non-hydrogen) atoms. The number of hydrogen-bond donors (Lipinski definition) is 19. The summed E-state index contributed by atoms with van der Waals surface area (Å²) in [6.45, 7) is 6.24. The Bertz CT molecular complexity index is 4860. The summed E-state index contributed by atoms with van der Waals surface area (Å²) in [5, 5.41) is 129. The molecule has 33 nitrogen and oxygen atoms in total. The first kappa shape index (κ1) is 83.7. The van der Waals surface area contributed by atoms with Crippen LogP contribution in [0.2, 0.25) is 10.0 Å². The van der Waals surface area contributed by atoms with Crippen LogP contribution in [0, 0.1) is 5.92 Å². The third kappa shape index (κ3) is 18.2. The number of halogens is 2. The van der Waals surface area contributed by atoms with Gasteiger partial charge in [-0.1, -0.05) is 110 Å². The number of aliphatic hydroxyl groups is 6. The lowest BCUT2D eigenvalue weighted by atomic mass is 9.84. The number of carbonyl (C=O) groups is 8. The second-order valence-electron chi connectivity index (χ2n) is 29.3. The molecule has 610 valence electrons. The lowest BCUT2D eigenvalue weighted by Gasteiger charge is -2.48. The fourth-order valence-electron chi connectivity index (χ4n) is 14.5. The zero-order chi connectivity index (χ0) is 82.8. The van der Waals surface area contributed by atoms with Crippen molar-refractivity contribution >= 4 is 70.5 Å². The van der Waals surface area contributed by atoms with Gasteiger partial charge in [-0.15, -0.1) is 0 Å². The van der Waals surface area contributed by atoms with Crippen molar-refractivity contribution in [3.63, 3.8) is 0 Å². The molecule has 7 aliphatic heterocycles. The minimum Gasteiger partial charge on any atom is -0.508 e. The summed E-state index contributed by atoms with van der Waals surface area (Å²) in [6, 6.07) is 18.0. The Labute approximate surface area is 668 Å². The van der Waals surface area contributed by atoms with Gasteiger partial charge in [-0.3, -0.25) is 38.4 Å². The van der Waals surface area contributed by atoms with E-state index in [4.69, 9.17) is 57.4 Å². The SMILES string of the molecule is CNC(=O)[C@H]1NC(=O)[C@H]2NC(=O)[C@H](NC(=O)[C@@H]3NC(=O)[C@H](CC(N)=O)NC(=O)[C@H](NC(=O)[C@@H](CC(C)C)NC)[C@H](O)c4ccc(c(Cl)c4)Oc4cc3cc(c4O[C@@H]3O[C@H](CO)[C@@H](O)[C@H](O)[C@H]3O[C@H]3C[C@](C)(NCc4ccc(-c5ccccc5)cc4)[C@@H](O)[C@H](C)O3)Oc3ccc(cc3Cl)[C@H]2O)c2ccc(O)c(c2)-c2c(O)cc(O)cc21. The normalized spacial score (nSPS) is 27.2. The van der Waals surface area contributed by atoms with E-state index in [2.05, 4.69) is 47.9 Å². The van der Waals surface area contributed by atoms with Crippen molar-refractivity contribution in [1.29, 1.82) is 0 Å². The van der Waals surface area contributed by atoms with Crippen LogP contribution in [0.25, 0.3) is 22.3 Å². The van der Waals surface area contributed by atoms with Gasteiger partial charge in [0, 0.05) is 42.7 Å². The number of benzene rings is 7. The van der Waals surface area contributed by atoms with Crippen LogP contribution in [-0.4, -0.2) is 193 Å². The Kier molecular flexibility index (Phi) is 25.6. The highest BCUT2D eigenvalue weighted by Crippen LogP contribution is 2.50. The third-order valence-electron chi connectivity index (χ3n) is 20.8. The van der Waals surface area contributed by atoms with Crippen molar-refractivity contribution < 1.29 is 113 Å². The van der Waals surface area contributed by atoms with E-state index in [1.807, 2.05) is 68.4 Å². The van der Waals surface area contributed by atoms with Gasteiger partial charge in [0.05, 0.1) is 41.3 Å². The Morgan fingerprint density at radius 2 is 1.28 bits per heavy atom.